The molecular formula is C22H23N3O2. The Kier molecular flexibility index (Phi) is 5.50. The molecule has 0 atom stereocenters. The highest BCUT2D eigenvalue weighted by Gasteiger charge is 2.16. The first-order chi connectivity index (χ1) is 13.0. The van der Waals surface area contributed by atoms with Gasteiger partial charge in [0.2, 0.25) is 5.91 Å². The fourth-order valence-corrected chi connectivity index (χ4v) is 3.01. The molecular weight excluding hydrogens is 338 g/mol. The number of amides is 1. The van der Waals surface area contributed by atoms with Crippen LogP contribution in [0.4, 0.5) is 5.69 Å². The normalized spacial score (nSPS) is 10.6. The van der Waals surface area contributed by atoms with Gasteiger partial charge in [-0.2, -0.15) is 0 Å². The number of carbonyl (C=O) groups is 1. The monoisotopic (exact) mass is 361 g/mol. The van der Waals surface area contributed by atoms with Crippen molar-refractivity contribution in [3.63, 3.8) is 0 Å². The summed E-state index contributed by atoms with van der Waals surface area (Å²) in [5.74, 6) is -0.140. The highest BCUT2D eigenvalue weighted by Crippen LogP contribution is 2.20. The van der Waals surface area contributed by atoms with E-state index in [1.165, 1.54) is 17.0 Å². The summed E-state index contributed by atoms with van der Waals surface area (Å²) in [5.41, 5.74) is 4.28. The standard InChI is InChI=1S/C22H23N3O2/c1-4-25(20-8-6-5-7-17(20)3)22(27)14-24-15-23-19(13-21(24)26)18-11-9-16(2)10-12-18/h5-13,15H,4,14H2,1-3H3. The molecule has 0 fully saturated rings. The van der Waals surface area contributed by atoms with Gasteiger partial charge in [-0.05, 0) is 32.4 Å². The zero-order valence-corrected chi connectivity index (χ0v) is 15.8. The van der Waals surface area contributed by atoms with Crippen LogP contribution in [0.1, 0.15) is 18.1 Å². The van der Waals surface area contributed by atoms with E-state index >= 15 is 0 Å². The van der Waals surface area contributed by atoms with Crippen LogP contribution in [0.15, 0.2) is 65.7 Å². The van der Waals surface area contributed by atoms with Gasteiger partial charge in [0.05, 0.1) is 12.0 Å². The van der Waals surface area contributed by atoms with Crippen molar-refractivity contribution in [3.8, 4) is 11.3 Å². The summed E-state index contributed by atoms with van der Waals surface area (Å²) in [5, 5.41) is 0. The molecule has 0 spiro atoms. The Balaban J connectivity index is 1.83. The van der Waals surface area contributed by atoms with E-state index in [9.17, 15) is 9.59 Å². The molecule has 0 bridgehead atoms. The molecule has 0 N–H and O–H groups in total. The van der Waals surface area contributed by atoms with Gasteiger partial charge in [0.1, 0.15) is 6.54 Å². The second-order valence-corrected chi connectivity index (χ2v) is 6.53. The smallest absolute Gasteiger partial charge is 0.254 e. The van der Waals surface area contributed by atoms with Gasteiger partial charge >= 0.3 is 0 Å². The molecule has 1 aromatic heterocycles. The van der Waals surface area contributed by atoms with Gasteiger partial charge < -0.3 is 4.90 Å². The Morgan fingerprint density at radius 1 is 1.07 bits per heavy atom. The van der Waals surface area contributed by atoms with Gasteiger partial charge in [0.15, 0.2) is 0 Å². The number of anilines is 1. The minimum atomic E-state index is -0.241. The summed E-state index contributed by atoms with van der Waals surface area (Å²) >= 11 is 0. The Labute approximate surface area is 158 Å². The SMILES string of the molecule is CCN(C(=O)Cn1cnc(-c2ccc(C)cc2)cc1=O)c1ccccc1C. The third-order valence-electron chi connectivity index (χ3n) is 4.56. The second-order valence-electron chi connectivity index (χ2n) is 6.53. The number of aryl methyl sites for hydroxylation is 2. The molecule has 27 heavy (non-hydrogen) atoms. The first-order valence-electron chi connectivity index (χ1n) is 8.99. The van der Waals surface area contributed by atoms with Gasteiger partial charge in [0, 0.05) is 23.9 Å². The number of likely N-dealkylation sites (N-methyl/N-ethyl adjacent to an activating group) is 1. The molecule has 138 valence electrons. The van der Waals surface area contributed by atoms with Crippen molar-refractivity contribution in [2.75, 3.05) is 11.4 Å². The van der Waals surface area contributed by atoms with Crippen molar-refractivity contribution in [1.29, 1.82) is 0 Å². The van der Waals surface area contributed by atoms with Crippen LogP contribution in [0, 0.1) is 13.8 Å². The minimum absolute atomic E-state index is 0.0395. The lowest BCUT2D eigenvalue weighted by molar-refractivity contribution is -0.119. The zero-order chi connectivity index (χ0) is 19.4. The van der Waals surface area contributed by atoms with Gasteiger partial charge in [-0.15, -0.1) is 0 Å². The van der Waals surface area contributed by atoms with Crippen molar-refractivity contribution in [2.45, 2.75) is 27.3 Å². The number of para-hydroxylation sites is 1. The summed E-state index contributed by atoms with van der Waals surface area (Å²) in [7, 11) is 0. The van der Waals surface area contributed by atoms with E-state index in [2.05, 4.69) is 4.98 Å². The van der Waals surface area contributed by atoms with Crippen LogP contribution >= 0.6 is 0 Å². The predicted molar refractivity (Wildman–Crippen MR) is 108 cm³/mol. The lowest BCUT2D eigenvalue weighted by Crippen LogP contribution is -2.36. The van der Waals surface area contributed by atoms with Crippen LogP contribution in [-0.4, -0.2) is 22.0 Å². The van der Waals surface area contributed by atoms with Gasteiger partial charge in [-0.25, -0.2) is 4.98 Å². The third-order valence-corrected chi connectivity index (χ3v) is 4.56. The second kappa shape index (κ2) is 7.99. The molecule has 0 radical (unpaired) electrons. The number of hydrogen-bond donors (Lipinski definition) is 0. The molecule has 1 heterocycles. The molecule has 3 aromatic rings. The molecule has 5 nitrogen and oxygen atoms in total. The molecule has 1 amide bonds. The molecule has 0 unspecified atom stereocenters. The molecule has 0 saturated heterocycles. The van der Waals surface area contributed by atoms with Crippen molar-refractivity contribution in [2.24, 2.45) is 0 Å². The Hall–Kier alpha value is -3.21. The number of rotatable bonds is 5. The van der Waals surface area contributed by atoms with Gasteiger partial charge in [-0.3, -0.25) is 14.2 Å². The summed E-state index contributed by atoms with van der Waals surface area (Å²) in [6.07, 6.45) is 1.45. The van der Waals surface area contributed by atoms with Crippen molar-refractivity contribution < 1.29 is 4.79 Å². The lowest BCUT2D eigenvalue weighted by atomic mass is 10.1. The number of benzene rings is 2. The fourth-order valence-electron chi connectivity index (χ4n) is 3.01. The van der Waals surface area contributed by atoms with E-state index in [0.29, 0.717) is 12.2 Å². The maximum Gasteiger partial charge on any atom is 0.254 e. The van der Waals surface area contributed by atoms with E-state index < -0.39 is 0 Å². The van der Waals surface area contributed by atoms with Crippen LogP contribution in [0.25, 0.3) is 11.3 Å². The van der Waals surface area contributed by atoms with Crippen molar-refractivity contribution in [1.82, 2.24) is 9.55 Å². The fraction of sp³-hybridized carbons (Fsp3) is 0.227. The average Bonchev–Trinajstić information content (AvgIpc) is 2.66. The molecule has 0 aliphatic carbocycles. The topological polar surface area (TPSA) is 55.2 Å². The van der Waals surface area contributed by atoms with Gasteiger partial charge in [-0.1, -0.05) is 48.0 Å². The van der Waals surface area contributed by atoms with Crippen LogP contribution < -0.4 is 10.5 Å². The van der Waals surface area contributed by atoms with E-state index in [0.717, 1.165) is 22.4 Å². The number of carbonyl (C=O) groups excluding carboxylic acids is 1. The molecule has 3 rings (SSSR count). The molecule has 5 heteroatoms. The first kappa shape index (κ1) is 18.6. The summed E-state index contributed by atoms with van der Waals surface area (Å²) in [6, 6.07) is 17.0. The van der Waals surface area contributed by atoms with Crippen LogP contribution in [0.3, 0.4) is 0 Å². The third kappa shape index (κ3) is 4.14. The van der Waals surface area contributed by atoms with E-state index in [4.69, 9.17) is 0 Å². The Bertz CT molecular complexity index is 1010. The van der Waals surface area contributed by atoms with Crippen LogP contribution in [0.2, 0.25) is 0 Å². The Morgan fingerprint density at radius 2 is 1.78 bits per heavy atom. The number of hydrogen-bond acceptors (Lipinski definition) is 3. The number of aromatic nitrogens is 2. The minimum Gasteiger partial charge on any atom is -0.311 e. The molecule has 0 saturated carbocycles. The van der Waals surface area contributed by atoms with E-state index in [-0.39, 0.29) is 18.0 Å². The maximum absolute atomic E-state index is 12.8. The van der Waals surface area contributed by atoms with Gasteiger partial charge in [0.25, 0.3) is 5.56 Å². The summed E-state index contributed by atoms with van der Waals surface area (Å²) < 4.78 is 1.35. The maximum atomic E-state index is 12.8. The highest BCUT2D eigenvalue weighted by atomic mass is 16.2. The summed E-state index contributed by atoms with van der Waals surface area (Å²) in [6.45, 7) is 6.39. The predicted octanol–water partition coefficient (Wildman–Crippen LogP) is 3.58. The average molecular weight is 361 g/mol. The number of nitrogens with zero attached hydrogens (tertiary/aromatic N) is 3. The Morgan fingerprint density at radius 3 is 2.41 bits per heavy atom. The van der Waals surface area contributed by atoms with E-state index in [1.54, 1.807) is 4.90 Å². The molecule has 2 aromatic carbocycles. The highest BCUT2D eigenvalue weighted by molar-refractivity contribution is 5.93. The first-order valence-corrected chi connectivity index (χ1v) is 8.99. The van der Waals surface area contributed by atoms with Crippen molar-refractivity contribution >= 4 is 11.6 Å². The van der Waals surface area contributed by atoms with Crippen LogP contribution in [-0.2, 0) is 11.3 Å². The van der Waals surface area contributed by atoms with Crippen LogP contribution in [0.5, 0.6) is 0 Å². The quantitative estimate of drug-likeness (QED) is 0.698. The molecule has 0 aliphatic rings. The molecule has 0 aliphatic heterocycles. The zero-order valence-electron chi connectivity index (χ0n) is 15.8. The van der Waals surface area contributed by atoms with Crippen molar-refractivity contribution in [3.05, 3.63) is 82.4 Å². The largest absolute Gasteiger partial charge is 0.311 e. The summed E-state index contributed by atoms with van der Waals surface area (Å²) in [4.78, 5) is 31.3. The van der Waals surface area contributed by atoms with E-state index in [1.807, 2.05) is 69.3 Å². The lowest BCUT2D eigenvalue weighted by Gasteiger charge is -2.23.